The lowest BCUT2D eigenvalue weighted by molar-refractivity contribution is 0.0995. The van der Waals surface area contributed by atoms with Crippen LogP contribution in [0.2, 0.25) is 0 Å². The van der Waals surface area contributed by atoms with Gasteiger partial charge in [-0.05, 0) is 35.0 Å². The third-order valence-electron chi connectivity index (χ3n) is 1.27. The first-order valence-corrected chi connectivity index (χ1v) is 3.83. The van der Waals surface area contributed by atoms with Gasteiger partial charge in [-0.25, -0.2) is 4.98 Å². The molecule has 0 aliphatic carbocycles. The van der Waals surface area contributed by atoms with Crippen LogP contribution in [0.3, 0.4) is 0 Å². The summed E-state index contributed by atoms with van der Waals surface area (Å²) in [6.45, 7) is 1.80. The van der Waals surface area contributed by atoms with Gasteiger partial charge in [0.25, 0.3) is 5.91 Å². The SMILES string of the molecule is Cc1nc(C(N)=O)ccc1Br. The Morgan fingerprint density at radius 3 is 2.73 bits per heavy atom. The number of hydrogen-bond donors (Lipinski definition) is 1. The van der Waals surface area contributed by atoms with Gasteiger partial charge in [0.1, 0.15) is 5.69 Å². The maximum Gasteiger partial charge on any atom is 0.267 e. The van der Waals surface area contributed by atoms with E-state index in [1.807, 2.05) is 0 Å². The van der Waals surface area contributed by atoms with Gasteiger partial charge in [-0.15, -0.1) is 0 Å². The molecule has 2 N–H and O–H groups in total. The summed E-state index contributed by atoms with van der Waals surface area (Å²) in [4.78, 5) is 14.6. The molecule has 11 heavy (non-hydrogen) atoms. The fourth-order valence-electron chi connectivity index (χ4n) is 0.681. The normalized spacial score (nSPS) is 9.64. The van der Waals surface area contributed by atoms with E-state index in [4.69, 9.17) is 5.73 Å². The van der Waals surface area contributed by atoms with Crippen molar-refractivity contribution in [3.05, 3.63) is 28.0 Å². The summed E-state index contributed by atoms with van der Waals surface area (Å²) in [5, 5.41) is 0. The molecule has 58 valence electrons. The number of amides is 1. The Morgan fingerprint density at radius 1 is 1.64 bits per heavy atom. The predicted octanol–water partition coefficient (Wildman–Crippen LogP) is 1.25. The van der Waals surface area contributed by atoms with E-state index < -0.39 is 5.91 Å². The molecule has 0 fully saturated rings. The van der Waals surface area contributed by atoms with E-state index in [0.717, 1.165) is 10.2 Å². The van der Waals surface area contributed by atoms with Gasteiger partial charge in [0, 0.05) is 4.47 Å². The topological polar surface area (TPSA) is 56.0 Å². The van der Waals surface area contributed by atoms with Crippen molar-refractivity contribution in [2.45, 2.75) is 6.92 Å². The Morgan fingerprint density at radius 2 is 2.27 bits per heavy atom. The number of pyridine rings is 1. The van der Waals surface area contributed by atoms with Gasteiger partial charge in [0.2, 0.25) is 0 Å². The molecule has 1 heterocycles. The summed E-state index contributed by atoms with van der Waals surface area (Å²) in [6.07, 6.45) is 0. The quantitative estimate of drug-likeness (QED) is 0.766. The maximum atomic E-state index is 10.6. The second-order valence-corrected chi connectivity index (χ2v) is 2.98. The van der Waals surface area contributed by atoms with Crippen molar-refractivity contribution in [2.24, 2.45) is 5.73 Å². The smallest absolute Gasteiger partial charge is 0.267 e. The molecule has 1 amide bonds. The Labute approximate surface area is 72.7 Å². The van der Waals surface area contributed by atoms with Crippen molar-refractivity contribution in [3.63, 3.8) is 0 Å². The molecule has 1 aromatic rings. The van der Waals surface area contributed by atoms with Crippen molar-refractivity contribution in [1.82, 2.24) is 4.98 Å². The molecule has 0 atom stereocenters. The minimum Gasteiger partial charge on any atom is -0.364 e. The van der Waals surface area contributed by atoms with Crippen LogP contribution in [-0.4, -0.2) is 10.9 Å². The van der Waals surface area contributed by atoms with E-state index >= 15 is 0 Å². The largest absolute Gasteiger partial charge is 0.364 e. The lowest BCUT2D eigenvalue weighted by Gasteiger charge is -1.98. The minimum atomic E-state index is -0.499. The fraction of sp³-hybridized carbons (Fsp3) is 0.143. The highest BCUT2D eigenvalue weighted by molar-refractivity contribution is 9.10. The molecule has 0 aliphatic rings. The number of halogens is 1. The average molecular weight is 215 g/mol. The van der Waals surface area contributed by atoms with Gasteiger partial charge < -0.3 is 5.73 Å². The zero-order chi connectivity index (χ0) is 8.43. The standard InChI is InChI=1S/C7H7BrN2O/c1-4-5(8)2-3-6(10-4)7(9)11/h2-3H,1H3,(H2,9,11). The molecule has 4 heteroatoms. The van der Waals surface area contributed by atoms with Crippen LogP contribution in [0.25, 0.3) is 0 Å². The highest BCUT2D eigenvalue weighted by atomic mass is 79.9. The monoisotopic (exact) mass is 214 g/mol. The zero-order valence-electron chi connectivity index (χ0n) is 5.97. The van der Waals surface area contributed by atoms with Crippen molar-refractivity contribution >= 4 is 21.8 Å². The van der Waals surface area contributed by atoms with E-state index in [1.165, 1.54) is 0 Å². The molecule has 0 radical (unpaired) electrons. The summed E-state index contributed by atoms with van der Waals surface area (Å²) in [6, 6.07) is 3.34. The molecule has 3 nitrogen and oxygen atoms in total. The predicted molar refractivity (Wildman–Crippen MR) is 45.2 cm³/mol. The van der Waals surface area contributed by atoms with Crippen LogP contribution in [-0.2, 0) is 0 Å². The summed E-state index contributed by atoms with van der Waals surface area (Å²) in [5.41, 5.74) is 6.08. The van der Waals surface area contributed by atoms with Gasteiger partial charge in [-0.1, -0.05) is 0 Å². The Bertz CT molecular complexity index is 298. The van der Waals surface area contributed by atoms with Gasteiger partial charge in [-0.3, -0.25) is 4.79 Å². The molecule has 0 aromatic carbocycles. The number of hydrogen-bond acceptors (Lipinski definition) is 2. The molecule has 0 unspecified atom stereocenters. The van der Waals surface area contributed by atoms with Gasteiger partial charge in [0.15, 0.2) is 0 Å². The van der Waals surface area contributed by atoms with Crippen molar-refractivity contribution in [3.8, 4) is 0 Å². The average Bonchev–Trinajstić information content (AvgIpc) is 1.94. The fourth-order valence-corrected chi connectivity index (χ4v) is 0.902. The second kappa shape index (κ2) is 3.00. The molecule has 0 saturated heterocycles. The number of nitrogens with zero attached hydrogens (tertiary/aromatic N) is 1. The number of primary amides is 1. The number of aryl methyl sites for hydroxylation is 1. The van der Waals surface area contributed by atoms with Crippen molar-refractivity contribution in [2.75, 3.05) is 0 Å². The highest BCUT2D eigenvalue weighted by Crippen LogP contribution is 2.13. The maximum absolute atomic E-state index is 10.6. The molecular weight excluding hydrogens is 208 g/mol. The minimum absolute atomic E-state index is 0.297. The van der Waals surface area contributed by atoms with Crippen LogP contribution < -0.4 is 5.73 Å². The molecule has 0 spiro atoms. The molecule has 1 rings (SSSR count). The summed E-state index contributed by atoms with van der Waals surface area (Å²) >= 11 is 3.26. The number of carbonyl (C=O) groups is 1. The Balaban J connectivity index is 3.15. The number of nitrogens with two attached hydrogens (primary N) is 1. The molecule has 1 aromatic heterocycles. The number of rotatable bonds is 1. The number of carbonyl (C=O) groups excluding carboxylic acids is 1. The summed E-state index contributed by atoms with van der Waals surface area (Å²) in [7, 11) is 0. The number of aromatic nitrogens is 1. The lowest BCUT2D eigenvalue weighted by atomic mass is 10.3. The van der Waals surface area contributed by atoms with E-state index in [0.29, 0.717) is 5.69 Å². The first kappa shape index (κ1) is 8.20. The van der Waals surface area contributed by atoms with Crippen LogP contribution in [0.4, 0.5) is 0 Å². The molecule has 0 bridgehead atoms. The van der Waals surface area contributed by atoms with E-state index in [-0.39, 0.29) is 0 Å². The first-order chi connectivity index (χ1) is 5.11. The van der Waals surface area contributed by atoms with Crippen LogP contribution in [0, 0.1) is 6.92 Å². The third-order valence-corrected chi connectivity index (χ3v) is 2.11. The van der Waals surface area contributed by atoms with E-state index in [2.05, 4.69) is 20.9 Å². The van der Waals surface area contributed by atoms with Crippen LogP contribution in [0.1, 0.15) is 16.2 Å². The molecule has 0 saturated carbocycles. The summed E-state index contributed by atoms with van der Waals surface area (Å²) < 4.78 is 0.877. The highest BCUT2D eigenvalue weighted by Gasteiger charge is 2.02. The van der Waals surface area contributed by atoms with E-state index in [9.17, 15) is 4.79 Å². The Kier molecular flexibility index (Phi) is 2.24. The van der Waals surface area contributed by atoms with Crippen LogP contribution in [0.5, 0.6) is 0 Å². The van der Waals surface area contributed by atoms with Crippen molar-refractivity contribution in [1.29, 1.82) is 0 Å². The van der Waals surface area contributed by atoms with Gasteiger partial charge in [0.05, 0.1) is 5.69 Å². The Hall–Kier alpha value is -0.900. The van der Waals surface area contributed by atoms with Gasteiger partial charge in [-0.2, -0.15) is 0 Å². The zero-order valence-corrected chi connectivity index (χ0v) is 7.55. The second-order valence-electron chi connectivity index (χ2n) is 2.13. The van der Waals surface area contributed by atoms with E-state index in [1.54, 1.807) is 19.1 Å². The molecule has 0 aliphatic heterocycles. The van der Waals surface area contributed by atoms with Gasteiger partial charge >= 0.3 is 0 Å². The first-order valence-electron chi connectivity index (χ1n) is 3.04. The summed E-state index contributed by atoms with van der Waals surface area (Å²) in [5.74, 6) is -0.499. The lowest BCUT2D eigenvalue weighted by Crippen LogP contribution is -2.13. The van der Waals surface area contributed by atoms with Crippen molar-refractivity contribution < 1.29 is 4.79 Å². The van der Waals surface area contributed by atoms with Crippen LogP contribution >= 0.6 is 15.9 Å². The molecular formula is C7H7BrN2O. The third kappa shape index (κ3) is 1.77. The van der Waals surface area contributed by atoms with Crippen LogP contribution in [0.15, 0.2) is 16.6 Å².